The average Bonchev–Trinajstić information content (AvgIpc) is 2.37. The molecule has 96 valence electrons. The first-order valence-corrected chi connectivity index (χ1v) is 6.76. The van der Waals surface area contributed by atoms with Gasteiger partial charge in [0.05, 0.1) is 5.56 Å². The van der Waals surface area contributed by atoms with Gasteiger partial charge in [0, 0.05) is 16.7 Å². The summed E-state index contributed by atoms with van der Waals surface area (Å²) in [4.78, 5) is 4.40. The van der Waals surface area contributed by atoms with Crippen molar-refractivity contribution in [1.29, 1.82) is 5.26 Å². The van der Waals surface area contributed by atoms with E-state index in [0.29, 0.717) is 17.9 Å². The molecule has 4 heteroatoms. The third-order valence-corrected chi connectivity index (χ3v) is 3.63. The summed E-state index contributed by atoms with van der Waals surface area (Å²) in [5.74, 6) is 0.649. The molecule has 2 aromatic rings. The van der Waals surface area contributed by atoms with Crippen LogP contribution in [0.15, 0.2) is 34.8 Å². The fraction of sp³-hybridized carbons (Fsp3) is 0.200. The minimum Gasteiger partial charge on any atom is -0.365 e. The Morgan fingerprint density at radius 2 is 2.05 bits per heavy atom. The molecule has 1 N–H and O–H groups in total. The summed E-state index contributed by atoms with van der Waals surface area (Å²) >= 11 is 3.51. The van der Waals surface area contributed by atoms with Gasteiger partial charge in [0.2, 0.25) is 0 Å². The van der Waals surface area contributed by atoms with Gasteiger partial charge in [-0.3, -0.25) is 0 Å². The molecule has 1 aromatic carbocycles. The van der Waals surface area contributed by atoms with Crippen LogP contribution in [-0.2, 0) is 6.54 Å². The Morgan fingerprint density at radius 3 is 2.74 bits per heavy atom. The number of hydrogen-bond acceptors (Lipinski definition) is 3. The van der Waals surface area contributed by atoms with E-state index in [-0.39, 0.29) is 0 Å². The van der Waals surface area contributed by atoms with Crippen LogP contribution in [0.4, 0.5) is 5.82 Å². The largest absolute Gasteiger partial charge is 0.365 e. The SMILES string of the molecule is Cc1cc(C)c(C#N)c(NCc2ccccc2Br)n1. The van der Waals surface area contributed by atoms with Crippen LogP contribution < -0.4 is 5.32 Å². The van der Waals surface area contributed by atoms with Gasteiger partial charge in [-0.25, -0.2) is 4.98 Å². The van der Waals surface area contributed by atoms with E-state index in [0.717, 1.165) is 21.3 Å². The van der Waals surface area contributed by atoms with Crippen LogP contribution in [0, 0.1) is 25.2 Å². The van der Waals surface area contributed by atoms with Crippen molar-refractivity contribution in [3.05, 3.63) is 57.2 Å². The molecule has 0 atom stereocenters. The molecule has 0 aliphatic carbocycles. The lowest BCUT2D eigenvalue weighted by Gasteiger charge is -2.11. The lowest BCUT2D eigenvalue weighted by atomic mass is 10.1. The van der Waals surface area contributed by atoms with Gasteiger partial charge in [0.1, 0.15) is 11.9 Å². The second-order valence-corrected chi connectivity index (χ2v) is 5.22. The number of hydrogen-bond donors (Lipinski definition) is 1. The number of halogens is 1. The first-order chi connectivity index (χ1) is 9.11. The van der Waals surface area contributed by atoms with Gasteiger partial charge in [-0.2, -0.15) is 5.26 Å². The second kappa shape index (κ2) is 5.85. The Balaban J connectivity index is 2.25. The molecule has 3 nitrogen and oxygen atoms in total. The molecule has 0 aliphatic heterocycles. The smallest absolute Gasteiger partial charge is 0.144 e. The van der Waals surface area contributed by atoms with Crippen LogP contribution in [0.25, 0.3) is 0 Å². The van der Waals surface area contributed by atoms with Gasteiger partial charge in [-0.15, -0.1) is 0 Å². The third kappa shape index (κ3) is 3.12. The number of pyridine rings is 1. The van der Waals surface area contributed by atoms with Crippen molar-refractivity contribution in [2.45, 2.75) is 20.4 Å². The van der Waals surface area contributed by atoms with E-state index in [1.807, 2.05) is 44.2 Å². The lowest BCUT2D eigenvalue weighted by Crippen LogP contribution is -2.06. The molecule has 1 heterocycles. The fourth-order valence-corrected chi connectivity index (χ4v) is 2.35. The van der Waals surface area contributed by atoms with Crippen LogP contribution in [0.2, 0.25) is 0 Å². The molecule has 0 radical (unpaired) electrons. The van der Waals surface area contributed by atoms with Gasteiger partial charge in [0.15, 0.2) is 0 Å². The summed E-state index contributed by atoms with van der Waals surface area (Å²) in [6.45, 7) is 4.49. The lowest BCUT2D eigenvalue weighted by molar-refractivity contribution is 1.07. The zero-order valence-electron chi connectivity index (χ0n) is 10.9. The molecule has 19 heavy (non-hydrogen) atoms. The topological polar surface area (TPSA) is 48.7 Å². The Bertz CT molecular complexity index is 644. The predicted molar refractivity (Wildman–Crippen MR) is 79.9 cm³/mol. The van der Waals surface area contributed by atoms with E-state index in [1.165, 1.54) is 0 Å². The molecule has 0 fully saturated rings. The fourth-order valence-electron chi connectivity index (χ4n) is 1.93. The first kappa shape index (κ1) is 13.6. The average molecular weight is 316 g/mol. The molecule has 0 bridgehead atoms. The van der Waals surface area contributed by atoms with Crippen molar-refractivity contribution in [1.82, 2.24) is 4.98 Å². The predicted octanol–water partition coefficient (Wildman–Crippen LogP) is 3.94. The van der Waals surface area contributed by atoms with Gasteiger partial charge in [0.25, 0.3) is 0 Å². The molecular formula is C15H14BrN3. The van der Waals surface area contributed by atoms with Crippen LogP contribution in [0.1, 0.15) is 22.4 Å². The van der Waals surface area contributed by atoms with E-state index >= 15 is 0 Å². The number of aromatic nitrogens is 1. The maximum absolute atomic E-state index is 9.20. The highest BCUT2D eigenvalue weighted by molar-refractivity contribution is 9.10. The highest BCUT2D eigenvalue weighted by Gasteiger charge is 2.08. The summed E-state index contributed by atoms with van der Waals surface area (Å²) in [6, 6.07) is 12.1. The quantitative estimate of drug-likeness (QED) is 0.933. The normalized spacial score (nSPS) is 10.0. The molecule has 0 saturated heterocycles. The number of benzene rings is 1. The van der Waals surface area contributed by atoms with E-state index in [9.17, 15) is 5.26 Å². The molecule has 0 aliphatic rings. The highest BCUT2D eigenvalue weighted by atomic mass is 79.9. The summed E-state index contributed by atoms with van der Waals surface area (Å²) < 4.78 is 1.05. The Kier molecular flexibility index (Phi) is 4.18. The molecule has 0 saturated carbocycles. The van der Waals surface area contributed by atoms with Crippen LogP contribution >= 0.6 is 15.9 Å². The van der Waals surface area contributed by atoms with Gasteiger partial charge < -0.3 is 5.32 Å². The van der Waals surface area contributed by atoms with E-state index in [2.05, 4.69) is 32.3 Å². The third-order valence-electron chi connectivity index (χ3n) is 2.86. The van der Waals surface area contributed by atoms with Crippen molar-refractivity contribution in [3.8, 4) is 6.07 Å². The Hall–Kier alpha value is -1.86. The van der Waals surface area contributed by atoms with E-state index in [4.69, 9.17) is 0 Å². The maximum atomic E-state index is 9.20. The molecule has 0 unspecified atom stereocenters. The molecular weight excluding hydrogens is 302 g/mol. The van der Waals surface area contributed by atoms with Crippen molar-refractivity contribution >= 4 is 21.7 Å². The van der Waals surface area contributed by atoms with Gasteiger partial charge in [-0.1, -0.05) is 34.1 Å². The summed E-state index contributed by atoms with van der Waals surface area (Å²) in [6.07, 6.45) is 0. The highest BCUT2D eigenvalue weighted by Crippen LogP contribution is 2.20. The van der Waals surface area contributed by atoms with E-state index < -0.39 is 0 Å². The van der Waals surface area contributed by atoms with Crippen molar-refractivity contribution in [3.63, 3.8) is 0 Å². The van der Waals surface area contributed by atoms with Gasteiger partial charge in [-0.05, 0) is 37.1 Å². The second-order valence-electron chi connectivity index (χ2n) is 4.36. The number of nitrogens with zero attached hydrogens (tertiary/aromatic N) is 2. The summed E-state index contributed by atoms with van der Waals surface area (Å²) in [5.41, 5.74) is 3.60. The Morgan fingerprint density at radius 1 is 1.32 bits per heavy atom. The maximum Gasteiger partial charge on any atom is 0.144 e. The summed E-state index contributed by atoms with van der Waals surface area (Å²) in [7, 11) is 0. The zero-order valence-corrected chi connectivity index (χ0v) is 12.5. The van der Waals surface area contributed by atoms with Crippen molar-refractivity contribution in [2.75, 3.05) is 5.32 Å². The van der Waals surface area contributed by atoms with Gasteiger partial charge >= 0.3 is 0 Å². The number of rotatable bonds is 3. The van der Waals surface area contributed by atoms with Crippen LogP contribution in [0.3, 0.4) is 0 Å². The number of anilines is 1. The first-order valence-electron chi connectivity index (χ1n) is 5.97. The Labute approximate surface area is 121 Å². The molecule has 0 amide bonds. The number of aryl methyl sites for hydroxylation is 2. The van der Waals surface area contributed by atoms with Crippen LogP contribution in [0.5, 0.6) is 0 Å². The molecule has 0 spiro atoms. The standard InChI is InChI=1S/C15H14BrN3/c1-10-7-11(2)19-15(13(10)8-17)18-9-12-5-3-4-6-14(12)16/h3-7H,9H2,1-2H3,(H,18,19). The summed E-state index contributed by atoms with van der Waals surface area (Å²) in [5, 5.41) is 12.4. The number of nitrogens with one attached hydrogen (secondary N) is 1. The minimum absolute atomic E-state index is 0.609. The zero-order chi connectivity index (χ0) is 13.8. The number of nitriles is 1. The monoisotopic (exact) mass is 315 g/mol. The van der Waals surface area contributed by atoms with Crippen molar-refractivity contribution < 1.29 is 0 Å². The van der Waals surface area contributed by atoms with Crippen molar-refractivity contribution in [2.24, 2.45) is 0 Å². The minimum atomic E-state index is 0.609. The molecule has 1 aromatic heterocycles. The van der Waals surface area contributed by atoms with E-state index in [1.54, 1.807) is 0 Å². The molecule has 2 rings (SSSR count). The van der Waals surface area contributed by atoms with Crippen LogP contribution in [-0.4, -0.2) is 4.98 Å².